The smallest absolute Gasteiger partial charge is 0.744 e. The Hall–Kier alpha value is 2.10. The molecule has 0 heterocycles. The van der Waals surface area contributed by atoms with Gasteiger partial charge in [0.15, 0.2) is 0 Å². The van der Waals surface area contributed by atoms with Crippen molar-refractivity contribution in [1.82, 2.24) is 0 Å². The maximum Gasteiger partial charge on any atom is 1.00 e. The van der Waals surface area contributed by atoms with E-state index in [-0.39, 0.29) is 143 Å². The fourth-order valence-corrected chi connectivity index (χ4v) is 4.37. The van der Waals surface area contributed by atoms with E-state index >= 15 is 0 Å². The summed E-state index contributed by atoms with van der Waals surface area (Å²) in [7, 11) is -10.2. The van der Waals surface area contributed by atoms with E-state index in [1.165, 1.54) is 12.1 Å². The van der Waals surface area contributed by atoms with E-state index < -0.39 is 30.0 Å². The zero-order valence-electron chi connectivity index (χ0n) is 12.9. The summed E-state index contributed by atoms with van der Waals surface area (Å²) in [6.45, 7) is 0. The predicted molar refractivity (Wildman–Crippen MR) is 77.4 cm³/mol. The summed E-state index contributed by atoms with van der Waals surface area (Å²) < 4.78 is 68.2. The molecule has 0 aromatic heterocycles. The van der Waals surface area contributed by atoms with Gasteiger partial charge in [0, 0.05) is 5.39 Å². The van der Waals surface area contributed by atoms with Crippen molar-refractivity contribution >= 4 is 41.8 Å². The maximum atomic E-state index is 11.5. The Bertz CT molecular complexity index is 1120. The summed E-state index contributed by atoms with van der Waals surface area (Å²) in [4.78, 5) is -2.02. The van der Waals surface area contributed by atoms with Crippen molar-refractivity contribution in [2.24, 2.45) is 0 Å². The Labute approximate surface area is 257 Å². The number of hydrogen-bond donors (Lipinski definition) is 0. The Kier molecular flexibility index (Phi) is 9.12. The van der Waals surface area contributed by atoms with Crippen molar-refractivity contribution in [2.45, 2.75) is 9.79 Å². The van der Waals surface area contributed by atoms with Crippen molar-refractivity contribution in [3.8, 4) is 0 Å². The molecule has 10 heteroatoms. The molecule has 3 aromatic rings. The molecule has 0 N–H and O–H groups in total. The molecule has 24 heavy (non-hydrogen) atoms. The van der Waals surface area contributed by atoms with Crippen molar-refractivity contribution in [2.75, 3.05) is 0 Å². The van der Waals surface area contributed by atoms with Gasteiger partial charge in [-0.2, -0.15) is 0 Å². The molecule has 0 saturated heterocycles. The van der Waals surface area contributed by atoms with Gasteiger partial charge in [0.2, 0.25) is 0 Å². The topological polar surface area (TPSA) is 114 Å². The predicted octanol–water partition coefficient (Wildman–Crippen LogP) is -4.19. The van der Waals surface area contributed by atoms with Crippen LogP contribution in [0.25, 0.3) is 21.5 Å². The first-order valence-corrected chi connectivity index (χ1v) is 8.87. The van der Waals surface area contributed by atoms with E-state index in [9.17, 15) is 25.9 Å². The molecule has 0 bridgehead atoms. The quantitative estimate of drug-likeness (QED) is 0.217. The van der Waals surface area contributed by atoms with Crippen molar-refractivity contribution in [1.29, 1.82) is 0 Å². The van der Waals surface area contributed by atoms with Gasteiger partial charge in [-0.05, 0) is 34.4 Å². The largest absolute Gasteiger partial charge is 1.00 e. The minimum absolute atomic E-state index is 0. The first-order chi connectivity index (χ1) is 10.2. The first-order valence-electron chi connectivity index (χ1n) is 6.05. The Morgan fingerprint density at radius 2 is 1.21 bits per heavy atom. The maximum absolute atomic E-state index is 11.5. The molecule has 6 nitrogen and oxygen atoms in total. The average molecular weight is 602 g/mol. The van der Waals surface area contributed by atoms with Crippen LogP contribution in [0.1, 0.15) is 0 Å². The molecule has 0 atom stereocenters. The van der Waals surface area contributed by atoms with Gasteiger partial charge in [-0.15, -0.1) is 0 Å². The molecule has 0 aliphatic heterocycles. The minimum atomic E-state index is -5.14. The van der Waals surface area contributed by atoms with Crippen LogP contribution in [0.3, 0.4) is 0 Å². The SMILES string of the molecule is O=S(=O)([O-])c1ccc2cc3ccccc3cc2c1S(=O)(=O)[O-].[Cs+].[Cs+]. The van der Waals surface area contributed by atoms with Crippen LogP contribution < -0.4 is 138 Å². The third-order valence-electron chi connectivity index (χ3n) is 3.32. The first kappa shape index (κ1) is 24.1. The van der Waals surface area contributed by atoms with Crippen LogP contribution in [-0.2, 0) is 20.2 Å². The molecular weight excluding hydrogens is 594 g/mol. The zero-order chi connectivity index (χ0) is 16.1. The molecule has 0 amide bonds. The van der Waals surface area contributed by atoms with Crippen molar-refractivity contribution < 1.29 is 164 Å². The Morgan fingerprint density at radius 3 is 1.71 bits per heavy atom. The third kappa shape index (κ3) is 5.13. The normalized spacial score (nSPS) is 11.8. The second-order valence-electron chi connectivity index (χ2n) is 4.72. The van der Waals surface area contributed by atoms with Gasteiger partial charge in [0.1, 0.15) is 20.2 Å². The van der Waals surface area contributed by atoms with Gasteiger partial charge in [-0.25, -0.2) is 16.8 Å². The van der Waals surface area contributed by atoms with E-state index in [0.29, 0.717) is 10.8 Å². The third-order valence-corrected chi connectivity index (χ3v) is 5.27. The van der Waals surface area contributed by atoms with Gasteiger partial charge in [0.25, 0.3) is 0 Å². The summed E-state index contributed by atoms with van der Waals surface area (Å²) in [5.74, 6) is 0. The number of rotatable bonds is 2. The van der Waals surface area contributed by atoms with Crippen LogP contribution in [0, 0.1) is 0 Å². The summed E-state index contributed by atoms with van der Waals surface area (Å²) in [5.41, 5.74) is 0. The van der Waals surface area contributed by atoms with Crippen LogP contribution >= 0.6 is 0 Å². The molecule has 0 radical (unpaired) electrons. The standard InChI is InChI=1S/C14H10O6S2.2Cs/c15-21(16,17)13-6-5-11-7-9-3-1-2-4-10(9)8-12(11)14(13)22(18,19)20;;/h1-8H,(H,15,16,17)(H,18,19,20);;/q;2*+1/p-2. The number of hydrogen-bond acceptors (Lipinski definition) is 6. The van der Waals surface area contributed by atoms with Crippen LogP contribution in [-0.4, -0.2) is 25.9 Å². The molecule has 0 aliphatic carbocycles. The Balaban J connectivity index is 0.00000144. The van der Waals surface area contributed by atoms with E-state index in [1.807, 2.05) is 0 Å². The zero-order valence-corrected chi connectivity index (χ0v) is 27.1. The molecule has 0 aliphatic rings. The summed E-state index contributed by atoms with van der Waals surface area (Å²) in [6.07, 6.45) is 0. The van der Waals surface area contributed by atoms with E-state index in [4.69, 9.17) is 0 Å². The van der Waals surface area contributed by atoms with Gasteiger partial charge in [-0.1, -0.05) is 30.3 Å². The molecular formula is C14H8Cs2O6S2. The number of fused-ring (bicyclic) bond motifs is 2. The fourth-order valence-electron chi connectivity index (χ4n) is 2.42. The van der Waals surface area contributed by atoms with Gasteiger partial charge < -0.3 is 9.11 Å². The van der Waals surface area contributed by atoms with Crippen LogP contribution in [0.2, 0.25) is 0 Å². The second kappa shape index (κ2) is 9.07. The summed E-state index contributed by atoms with van der Waals surface area (Å²) in [5, 5.41) is 1.70. The molecule has 0 saturated carbocycles. The van der Waals surface area contributed by atoms with Crippen LogP contribution in [0.4, 0.5) is 0 Å². The van der Waals surface area contributed by atoms with E-state index in [2.05, 4.69) is 0 Å². The van der Waals surface area contributed by atoms with E-state index in [0.717, 1.165) is 11.5 Å². The summed E-state index contributed by atoms with van der Waals surface area (Å²) in [6, 6.07) is 12.2. The monoisotopic (exact) mass is 602 g/mol. The van der Waals surface area contributed by atoms with E-state index in [1.54, 1.807) is 30.3 Å². The Morgan fingerprint density at radius 1 is 0.667 bits per heavy atom. The molecule has 114 valence electrons. The van der Waals surface area contributed by atoms with Crippen LogP contribution in [0.15, 0.2) is 58.3 Å². The van der Waals surface area contributed by atoms with Gasteiger partial charge in [0.05, 0.1) is 9.79 Å². The molecule has 0 spiro atoms. The molecule has 3 rings (SSSR count). The van der Waals surface area contributed by atoms with Crippen molar-refractivity contribution in [3.05, 3.63) is 48.5 Å². The molecule has 3 aromatic carbocycles. The second-order valence-corrected chi connectivity index (χ2v) is 7.39. The van der Waals surface area contributed by atoms with Crippen molar-refractivity contribution in [3.63, 3.8) is 0 Å². The van der Waals surface area contributed by atoms with Crippen LogP contribution in [0.5, 0.6) is 0 Å². The number of benzene rings is 3. The molecule has 0 unspecified atom stereocenters. The van der Waals surface area contributed by atoms with Gasteiger partial charge >= 0.3 is 138 Å². The summed E-state index contributed by atoms with van der Waals surface area (Å²) >= 11 is 0. The minimum Gasteiger partial charge on any atom is -0.744 e. The average Bonchev–Trinajstić information content (AvgIpc) is 2.41. The fraction of sp³-hybridized carbons (Fsp3) is 0. The molecule has 0 fully saturated rings. The van der Waals surface area contributed by atoms with Gasteiger partial charge in [-0.3, -0.25) is 0 Å².